The molecule has 3 fully saturated rings. The van der Waals surface area contributed by atoms with Crippen molar-refractivity contribution in [1.29, 1.82) is 0 Å². The summed E-state index contributed by atoms with van der Waals surface area (Å²) in [6, 6.07) is 9.94. The van der Waals surface area contributed by atoms with Crippen molar-refractivity contribution in [2.45, 2.75) is 113 Å². The fourth-order valence-corrected chi connectivity index (χ4v) is 10.7. The minimum Gasteiger partial charge on any atom is -0.456 e. The number of carbonyl (C=O) groups excluding carboxylic acids is 1. The summed E-state index contributed by atoms with van der Waals surface area (Å²) in [4.78, 5) is 13.1. The Hall–Kier alpha value is -1.87. The molecule has 9 unspecified atom stereocenters. The Bertz CT molecular complexity index is 1170. The molecule has 0 N–H and O–H groups in total. The lowest BCUT2D eigenvalue weighted by molar-refractivity contribution is -0.241. The Kier molecular flexibility index (Phi) is 7.51. The van der Waals surface area contributed by atoms with Crippen molar-refractivity contribution in [1.82, 2.24) is 0 Å². The molecular weight excluding hydrogens is 492 g/mol. The zero-order chi connectivity index (χ0) is 29.1. The molecule has 4 aliphatic rings. The lowest BCUT2D eigenvalue weighted by atomic mass is 9.34. The first-order valence-electron chi connectivity index (χ1n) is 15.9. The van der Waals surface area contributed by atoms with E-state index in [2.05, 4.69) is 61.5 Å². The number of rotatable bonds is 5. The molecule has 0 bridgehead atoms. The number of esters is 1. The Balaban J connectivity index is 1.44. The molecule has 3 nitrogen and oxygen atoms in total. The molecule has 9 atom stereocenters. The third kappa shape index (κ3) is 4.27. The highest BCUT2D eigenvalue weighted by Gasteiger charge is 2.68. The van der Waals surface area contributed by atoms with Crippen molar-refractivity contribution in [3.05, 3.63) is 53.6 Å². The summed E-state index contributed by atoms with van der Waals surface area (Å²) in [7, 11) is 1.81. The van der Waals surface area contributed by atoms with E-state index in [1.807, 2.05) is 43.5 Å². The molecule has 0 heterocycles. The second-order valence-electron chi connectivity index (χ2n) is 15.4. The van der Waals surface area contributed by atoms with Gasteiger partial charge in [0.15, 0.2) is 0 Å². The predicted octanol–water partition coefficient (Wildman–Crippen LogP) is 9.28. The van der Waals surface area contributed by atoms with Crippen LogP contribution in [-0.4, -0.2) is 25.3 Å². The summed E-state index contributed by atoms with van der Waals surface area (Å²) in [5, 5.41) is 0. The van der Waals surface area contributed by atoms with Crippen molar-refractivity contribution in [3.8, 4) is 0 Å². The summed E-state index contributed by atoms with van der Waals surface area (Å²) >= 11 is 0. The van der Waals surface area contributed by atoms with Crippen molar-refractivity contribution < 1.29 is 14.3 Å². The molecule has 1 aromatic carbocycles. The van der Waals surface area contributed by atoms with E-state index in [1.54, 1.807) is 11.6 Å². The molecule has 0 radical (unpaired) electrons. The number of allylic oxidation sites excluding steroid dienone is 2. The number of benzene rings is 1. The number of fused-ring (bicyclic) bond motifs is 5. The fraction of sp³-hybridized carbons (Fsp3) is 0.703. The molecular formula is C37H54O3. The van der Waals surface area contributed by atoms with Crippen LogP contribution in [0.1, 0.15) is 106 Å². The van der Waals surface area contributed by atoms with Crippen LogP contribution in [0, 0.1) is 44.8 Å². The first-order valence-corrected chi connectivity index (χ1v) is 15.9. The molecule has 4 aliphatic carbocycles. The van der Waals surface area contributed by atoms with Gasteiger partial charge in [-0.2, -0.15) is 0 Å². The molecule has 40 heavy (non-hydrogen) atoms. The van der Waals surface area contributed by atoms with Crippen molar-refractivity contribution in [3.63, 3.8) is 0 Å². The first-order chi connectivity index (χ1) is 18.8. The molecule has 0 aliphatic heterocycles. The van der Waals surface area contributed by atoms with Gasteiger partial charge < -0.3 is 9.47 Å². The van der Waals surface area contributed by atoms with E-state index in [0.29, 0.717) is 23.2 Å². The molecule has 5 rings (SSSR count). The lowest BCUT2D eigenvalue weighted by Crippen LogP contribution is -2.67. The van der Waals surface area contributed by atoms with Crippen molar-refractivity contribution >= 4 is 12.0 Å². The Morgan fingerprint density at radius 3 is 2.35 bits per heavy atom. The van der Waals surface area contributed by atoms with Gasteiger partial charge in [-0.25, -0.2) is 4.79 Å². The highest BCUT2D eigenvalue weighted by atomic mass is 16.6. The summed E-state index contributed by atoms with van der Waals surface area (Å²) in [5.74, 6) is 1.43. The van der Waals surface area contributed by atoms with Crippen LogP contribution in [0.25, 0.3) is 6.08 Å². The zero-order valence-corrected chi connectivity index (χ0v) is 26.7. The van der Waals surface area contributed by atoms with Crippen LogP contribution >= 0.6 is 0 Å². The highest BCUT2D eigenvalue weighted by molar-refractivity contribution is 5.87. The van der Waals surface area contributed by atoms with Gasteiger partial charge in [-0.1, -0.05) is 104 Å². The maximum atomic E-state index is 13.1. The second-order valence-corrected chi connectivity index (χ2v) is 15.4. The third-order valence-electron chi connectivity index (χ3n) is 13.7. The fourth-order valence-electron chi connectivity index (χ4n) is 10.7. The summed E-state index contributed by atoms with van der Waals surface area (Å²) in [6.45, 7) is 19.9. The highest BCUT2D eigenvalue weighted by Crippen LogP contribution is 2.74. The van der Waals surface area contributed by atoms with Crippen LogP contribution in [0.5, 0.6) is 0 Å². The summed E-state index contributed by atoms with van der Waals surface area (Å²) < 4.78 is 12.5. The van der Waals surface area contributed by atoms with Gasteiger partial charge in [0.2, 0.25) is 0 Å². The monoisotopic (exact) mass is 546 g/mol. The number of methoxy groups -OCH3 is 1. The van der Waals surface area contributed by atoms with Gasteiger partial charge >= 0.3 is 5.97 Å². The Morgan fingerprint density at radius 1 is 1.00 bits per heavy atom. The largest absolute Gasteiger partial charge is 0.456 e. The van der Waals surface area contributed by atoms with E-state index in [4.69, 9.17) is 9.47 Å². The SMILES string of the molecule is CCC1(C)CCC2(C)C(=CCC3C4(C)CC(OC)C(OC(=O)C=Cc5ccccc5)C(C)(C)C4CCC32C)C1C. The van der Waals surface area contributed by atoms with Crippen LogP contribution in [0.3, 0.4) is 0 Å². The number of ether oxygens (including phenoxy) is 2. The van der Waals surface area contributed by atoms with Crippen molar-refractivity contribution in [2.24, 2.45) is 44.8 Å². The minimum absolute atomic E-state index is 0.112. The van der Waals surface area contributed by atoms with E-state index in [0.717, 1.165) is 18.4 Å². The molecule has 220 valence electrons. The predicted molar refractivity (Wildman–Crippen MR) is 165 cm³/mol. The van der Waals surface area contributed by atoms with Gasteiger partial charge in [0, 0.05) is 18.6 Å². The van der Waals surface area contributed by atoms with Gasteiger partial charge in [-0.3, -0.25) is 0 Å². The normalized spacial score (nSPS) is 44.2. The molecule has 0 amide bonds. The van der Waals surface area contributed by atoms with Crippen LogP contribution in [0.4, 0.5) is 0 Å². The van der Waals surface area contributed by atoms with Gasteiger partial charge in [0.25, 0.3) is 0 Å². The van der Waals surface area contributed by atoms with Gasteiger partial charge in [-0.15, -0.1) is 0 Å². The number of carbonyl (C=O) groups is 1. The van der Waals surface area contributed by atoms with Gasteiger partial charge in [-0.05, 0) is 89.6 Å². The summed E-state index contributed by atoms with van der Waals surface area (Å²) in [5.41, 5.74) is 3.61. The molecule has 3 heteroatoms. The molecule has 0 spiro atoms. The quantitative estimate of drug-likeness (QED) is 0.210. The second kappa shape index (κ2) is 10.1. The lowest BCUT2D eigenvalue weighted by Gasteiger charge is -2.71. The van der Waals surface area contributed by atoms with E-state index < -0.39 is 0 Å². The molecule has 3 saturated carbocycles. The van der Waals surface area contributed by atoms with Crippen molar-refractivity contribution in [2.75, 3.05) is 7.11 Å². The van der Waals surface area contributed by atoms with Crippen LogP contribution in [-0.2, 0) is 14.3 Å². The van der Waals surface area contributed by atoms with E-state index in [-0.39, 0.29) is 39.8 Å². The smallest absolute Gasteiger partial charge is 0.331 e. The first kappa shape index (κ1) is 29.6. The maximum absolute atomic E-state index is 13.1. The average molecular weight is 547 g/mol. The van der Waals surface area contributed by atoms with E-state index in [1.165, 1.54) is 32.1 Å². The third-order valence-corrected chi connectivity index (χ3v) is 13.7. The average Bonchev–Trinajstić information content (AvgIpc) is 2.92. The van der Waals surface area contributed by atoms with Gasteiger partial charge in [0.1, 0.15) is 6.10 Å². The minimum atomic E-state index is -0.277. The molecule has 1 aromatic rings. The maximum Gasteiger partial charge on any atom is 0.331 e. The standard InChI is InChI=1S/C37H54O3/c1-10-34(5)22-23-36(7)27(25(34)2)17-18-30-35(6)24-28(39-9)32(33(3,4)29(35)20-21-37(30,36)8)40-31(38)19-16-26-14-12-11-13-15-26/h11-17,19,25,28-30,32H,10,18,20-24H2,1-9H3. The molecule has 0 aromatic heterocycles. The summed E-state index contributed by atoms with van der Waals surface area (Å²) in [6.07, 6.45) is 14.1. The van der Waals surface area contributed by atoms with E-state index >= 15 is 0 Å². The van der Waals surface area contributed by atoms with E-state index in [9.17, 15) is 4.79 Å². The Labute approximate surface area is 244 Å². The number of hydrogen-bond acceptors (Lipinski definition) is 3. The van der Waals surface area contributed by atoms with Gasteiger partial charge in [0.05, 0.1) is 6.10 Å². The number of hydrogen-bond donors (Lipinski definition) is 0. The van der Waals surface area contributed by atoms with Crippen LogP contribution in [0.15, 0.2) is 48.1 Å². The molecule has 0 saturated heterocycles. The Morgan fingerprint density at radius 2 is 1.70 bits per heavy atom. The zero-order valence-electron chi connectivity index (χ0n) is 26.7. The van der Waals surface area contributed by atoms with Crippen LogP contribution < -0.4 is 0 Å². The van der Waals surface area contributed by atoms with Crippen LogP contribution in [0.2, 0.25) is 0 Å². The topological polar surface area (TPSA) is 35.5 Å².